The van der Waals surface area contributed by atoms with E-state index < -0.39 is 40.7 Å². The van der Waals surface area contributed by atoms with E-state index >= 15 is 0 Å². The standard InChI is InChI=1S/C28H25N3O7/c1-3-38-28(35)20-12-14-22(15-13-20)30-25(32)17-24(27(30)34)29(18(2)19-8-5-4-6-9-19)26(33)21-10-7-11-23(16-21)31(36)37/h4-16,18,24H,3,17H2,1-2H3. The summed E-state index contributed by atoms with van der Waals surface area (Å²) in [5, 5.41) is 11.3. The maximum absolute atomic E-state index is 13.8. The van der Waals surface area contributed by atoms with Crippen LogP contribution in [0.4, 0.5) is 11.4 Å². The molecule has 1 saturated heterocycles. The predicted molar refractivity (Wildman–Crippen MR) is 137 cm³/mol. The Morgan fingerprint density at radius 1 is 1.03 bits per heavy atom. The lowest BCUT2D eigenvalue weighted by Crippen LogP contribution is -2.46. The maximum Gasteiger partial charge on any atom is 0.338 e. The molecule has 0 aliphatic carbocycles. The number of hydrogen-bond acceptors (Lipinski definition) is 7. The highest BCUT2D eigenvalue weighted by molar-refractivity contribution is 6.23. The first-order valence-electron chi connectivity index (χ1n) is 12.0. The molecule has 4 rings (SSSR count). The molecule has 0 aromatic heterocycles. The molecule has 1 aliphatic heterocycles. The van der Waals surface area contributed by atoms with Gasteiger partial charge in [-0.3, -0.25) is 24.5 Å². The zero-order chi connectivity index (χ0) is 27.4. The van der Waals surface area contributed by atoms with Gasteiger partial charge < -0.3 is 9.64 Å². The Bertz CT molecular complexity index is 1390. The lowest BCUT2D eigenvalue weighted by atomic mass is 10.0. The second-order valence-electron chi connectivity index (χ2n) is 8.66. The summed E-state index contributed by atoms with van der Waals surface area (Å²) in [6.07, 6.45) is -0.268. The number of amides is 3. The van der Waals surface area contributed by atoms with Crippen molar-refractivity contribution < 1.29 is 28.8 Å². The van der Waals surface area contributed by atoms with Gasteiger partial charge in [0.05, 0.1) is 35.2 Å². The molecule has 1 heterocycles. The van der Waals surface area contributed by atoms with Crippen molar-refractivity contribution in [1.29, 1.82) is 0 Å². The van der Waals surface area contributed by atoms with Crippen molar-refractivity contribution in [2.75, 3.05) is 11.5 Å². The largest absolute Gasteiger partial charge is 0.462 e. The summed E-state index contributed by atoms with van der Waals surface area (Å²) in [5.41, 5.74) is 1.01. The van der Waals surface area contributed by atoms with Crippen LogP contribution in [0.25, 0.3) is 0 Å². The Labute approximate surface area is 218 Å². The number of non-ortho nitro benzene ring substituents is 1. The van der Waals surface area contributed by atoms with Crippen molar-refractivity contribution in [3.05, 3.63) is 106 Å². The van der Waals surface area contributed by atoms with Crippen LogP contribution in [0.3, 0.4) is 0 Å². The molecule has 10 heteroatoms. The van der Waals surface area contributed by atoms with Crippen LogP contribution in [0.2, 0.25) is 0 Å². The van der Waals surface area contributed by atoms with Crippen LogP contribution in [0.15, 0.2) is 78.9 Å². The van der Waals surface area contributed by atoms with E-state index in [4.69, 9.17) is 4.74 Å². The molecule has 0 spiro atoms. The van der Waals surface area contributed by atoms with Crippen molar-refractivity contribution in [3.63, 3.8) is 0 Å². The summed E-state index contributed by atoms with van der Waals surface area (Å²) in [4.78, 5) is 65.4. The van der Waals surface area contributed by atoms with Crippen LogP contribution < -0.4 is 4.90 Å². The van der Waals surface area contributed by atoms with E-state index in [1.54, 1.807) is 38.1 Å². The number of rotatable bonds is 8. The molecule has 1 aliphatic rings. The minimum Gasteiger partial charge on any atom is -0.462 e. The van der Waals surface area contributed by atoms with E-state index in [1.807, 2.05) is 6.07 Å². The van der Waals surface area contributed by atoms with Crippen molar-refractivity contribution in [3.8, 4) is 0 Å². The van der Waals surface area contributed by atoms with Gasteiger partial charge in [0.2, 0.25) is 5.91 Å². The minimum absolute atomic E-state index is 0.0273. The second kappa shape index (κ2) is 11.0. The van der Waals surface area contributed by atoms with Gasteiger partial charge in [-0.1, -0.05) is 36.4 Å². The van der Waals surface area contributed by atoms with Crippen LogP contribution in [0, 0.1) is 10.1 Å². The van der Waals surface area contributed by atoms with Crippen LogP contribution in [0.5, 0.6) is 0 Å². The Morgan fingerprint density at radius 2 is 1.71 bits per heavy atom. The number of benzene rings is 3. The second-order valence-corrected chi connectivity index (χ2v) is 8.66. The fourth-order valence-corrected chi connectivity index (χ4v) is 4.45. The highest BCUT2D eigenvalue weighted by Crippen LogP contribution is 2.33. The van der Waals surface area contributed by atoms with Gasteiger partial charge >= 0.3 is 5.97 Å². The van der Waals surface area contributed by atoms with Gasteiger partial charge in [-0.05, 0) is 49.7 Å². The average molecular weight is 516 g/mol. The van der Waals surface area contributed by atoms with Gasteiger partial charge in [0.1, 0.15) is 6.04 Å². The summed E-state index contributed by atoms with van der Waals surface area (Å²) < 4.78 is 4.97. The first kappa shape index (κ1) is 26.2. The number of anilines is 1. The van der Waals surface area contributed by atoms with Crippen molar-refractivity contribution in [1.82, 2.24) is 4.90 Å². The third kappa shape index (κ3) is 5.15. The number of imide groups is 1. The highest BCUT2D eigenvalue weighted by Gasteiger charge is 2.46. The topological polar surface area (TPSA) is 127 Å². The monoisotopic (exact) mass is 515 g/mol. The van der Waals surface area contributed by atoms with Gasteiger partial charge in [0.15, 0.2) is 0 Å². The summed E-state index contributed by atoms with van der Waals surface area (Å²) in [6.45, 7) is 3.63. The Hall–Kier alpha value is -4.86. The molecule has 194 valence electrons. The molecule has 0 N–H and O–H groups in total. The van der Waals surface area contributed by atoms with E-state index in [2.05, 4.69) is 0 Å². The number of ether oxygens (including phenoxy) is 1. The zero-order valence-corrected chi connectivity index (χ0v) is 20.8. The van der Waals surface area contributed by atoms with Gasteiger partial charge in [-0.25, -0.2) is 9.69 Å². The van der Waals surface area contributed by atoms with E-state index in [1.165, 1.54) is 47.4 Å². The molecule has 1 fully saturated rings. The molecule has 38 heavy (non-hydrogen) atoms. The van der Waals surface area contributed by atoms with Gasteiger partial charge in [0, 0.05) is 17.7 Å². The molecule has 2 atom stereocenters. The normalized spacial score (nSPS) is 15.7. The van der Waals surface area contributed by atoms with E-state index in [0.717, 1.165) is 16.5 Å². The third-order valence-electron chi connectivity index (χ3n) is 6.33. The fourth-order valence-electron chi connectivity index (χ4n) is 4.45. The number of hydrogen-bond donors (Lipinski definition) is 0. The van der Waals surface area contributed by atoms with Crippen molar-refractivity contribution >= 4 is 35.1 Å². The lowest BCUT2D eigenvalue weighted by Gasteiger charge is -2.33. The molecule has 3 aromatic rings. The van der Waals surface area contributed by atoms with Crippen molar-refractivity contribution in [2.45, 2.75) is 32.4 Å². The van der Waals surface area contributed by atoms with Crippen LogP contribution in [-0.2, 0) is 14.3 Å². The van der Waals surface area contributed by atoms with E-state index in [0.29, 0.717) is 0 Å². The number of carbonyl (C=O) groups excluding carboxylic acids is 4. The highest BCUT2D eigenvalue weighted by atomic mass is 16.6. The fraction of sp³-hybridized carbons (Fsp3) is 0.214. The first-order valence-corrected chi connectivity index (χ1v) is 12.0. The predicted octanol–water partition coefficient (Wildman–Crippen LogP) is 4.31. The summed E-state index contributed by atoms with van der Waals surface area (Å²) in [5.74, 6) is -2.27. The Balaban J connectivity index is 1.70. The molecule has 3 amide bonds. The smallest absolute Gasteiger partial charge is 0.338 e. The quantitative estimate of drug-likeness (QED) is 0.189. The molecule has 3 aromatic carbocycles. The van der Waals surface area contributed by atoms with E-state index in [9.17, 15) is 29.3 Å². The molecule has 0 radical (unpaired) electrons. The Kier molecular flexibility index (Phi) is 7.61. The number of esters is 1. The van der Waals surface area contributed by atoms with Gasteiger partial charge in [-0.15, -0.1) is 0 Å². The number of nitro groups is 1. The van der Waals surface area contributed by atoms with Gasteiger partial charge in [-0.2, -0.15) is 0 Å². The molecule has 0 bridgehead atoms. The number of nitro benzene ring substituents is 1. The average Bonchev–Trinajstić information content (AvgIpc) is 3.22. The molecular formula is C28H25N3O7. The van der Waals surface area contributed by atoms with Gasteiger partial charge in [0.25, 0.3) is 17.5 Å². The Morgan fingerprint density at radius 3 is 2.34 bits per heavy atom. The SMILES string of the molecule is CCOC(=O)c1ccc(N2C(=O)CC(N(C(=O)c3cccc([N+](=O)[O-])c3)C(C)c3ccccc3)C2=O)cc1. The summed E-state index contributed by atoms with van der Waals surface area (Å²) >= 11 is 0. The molecule has 0 saturated carbocycles. The van der Waals surface area contributed by atoms with Crippen LogP contribution >= 0.6 is 0 Å². The van der Waals surface area contributed by atoms with Crippen molar-refractivity contribution in [2.24, 2.45) is 0 Å². The molecular weight excluding hydrogens is 490 g/mol. The van der Waals surface area contributed by atoms with Crippen LogP contribution in [0.1, 0.15) is 52.6 Å². The maximum atomic E-state index is 13.8. The number of carbonyl (C=O) groups is 4. The summed E-state index contributed by atoms with van der Waals surface area (Å²) in [7, 11) is 0. The molecule has 10 nitrogen and oxygen atoms in total. The number of nitrogens with zero attached hydrogens (tertiary/aromatic N) is 3. The first-order chi connectivity index (χ1) is 18.2. The third-order valence-corrected chi connectivity index (χ3v) is 6.33. The van der Waals surface area contributed by atoms with E-state index in [-0.39, 0.29) is 35.5 Å². The minimum atomic E-state index is -1.14. The zero-order valence-electron chi connectivity index (χ0n) is 20.8. The summed E-state index contributed by atoms with van der Waals surface area (Å²) in [6, 6.07) is 18.3. The van der Waals surface area contributed by atoms with Crippen LogP contribution in [-0.4, -0.2) is 46.2 Å². The molecule has 2 unspecified atom stereocenters. The lowest BCUT2D eigenvalue weighted by molar-refractivity contribution is -0.384.